The average molecular weight is 240 g/mol. The molecular formula is C15H16N2O. The molecule has 1 unspecified atom stereocenters. The fourth-order valence-corrected chi connectivity index (χ4v) is 1.82. The molecule has 1 atom stereocenters. The molecule has 3 heteroatoms. The quantitative estimate of drug-likeness (QED) is 0.832. The highest BCUT2D eigenvalue weighted by Crippen LogP contribution is 2.21. The van der Waals surface area contributed by atoms with Gasteiger partial charge in [-0.2, -0.15) is 0 Å². The summed E-state index contributed by atoms with van der Waals surface area (Å²) in [6.45, 7) is 5.53. The van der Waals surface area contributed by atoms with Gasteiger partial charge in [0.25, 0.3) is 0 Å². The molecule has 1 aromatic carbocycles. The Labute approximate surface area is 107 Å². The number of anilines is 1. The number of nitrogens with zero attached hydrogens (tertiary/aromatic N) is 1. The molecule has 0 fully saturated rings. The molecule has 0 aliphatic rings. The van der Waals surface area contributed by atoms with Gasteiger partial charge in [0.15, 0.2) is 0 Å². The first kappa shape index (κ1) is 12.3. The lowest BCUT2D eigenvalue weighted by molar-refractivity contribution is -0.119. The first-order valence-electron chi connectivity index (χ1n) is 5.98. The van der Waals surface area contributed by atoms with Gasteiger partial charge in [-0.05, 0) is 18.6 Å². The van der Waals surface area contributed by atoms with E-state index in [9.17, 15) is 4.79 Å². The van der Waals surface area contributed by atoms with Gasteiger partial charge >= 0.3 is 0 Å². The lowest BCUT2D eigenvalue weighted by Crippen LogP contribution is -2.20. The number of carbonyl (C=O) groups excluding carboxylic acids is 1. The molecule has 2 rings (SSSR count). The standard InChI is InChI=1S/C15H16N2O/c1-3-6-11(2)15(18)17-13-9-4-7-12-8-5-10-16-14(12)13/h3-5,7-11H,1,6H2,2H3,(H,17,18). The van der Waals surface area contributed by atoms with Crippen LogP contribution in [0.4, 0.5) is 5.69 Å². The topological polar surface area (TPSA) is 42.0 Å². The molecule has 3 nitrogen and oxygen atoms in total. The number of pyridine rings is 1. The maximum atomic E-state index is 12.0. The van der Waals surface area contributed by atoms with Gasteiger partial charge in [-0.25, -0.2) is 0 Å². The minimum atomic E-state index is -0.0820. The highest BCUT2D eigenvalue weighted by Gasteiger charge is 2.12. The van der Waals surface area contributed by atoms with Crippen molar-refractivity contribution in [3.63, 3.8) is 0 Å². The van der Waals surface area contributed by atoms with E-state index in [0.717, 1.165) is 16.6 Å². The molecule has 1 heterocycles. The van der Waals surface area contributed by atoms with Crippen LogP contribution in [-0.2, 0) is 4.79 Å². The minimum absolute atomic E-state index is 0.00643. The van der Waals surface area contributed by atoms with E-state index >= 15 is 0 Å². The number of benzene rings is 1. The van der Waals surface area contributed by atoms with Crippen molar-refractivity contribution in [3.8, 4) is 0 Å². The summed E-state index contributed by atoms with van der Waals surface area (Å²) in [7, 11) is 0. The summed E-state index contributed by atoms with van der Waals surface area (Å²) < 4.78 is 0. The number of hydrogen-bond acceptors (Lipinski definition) is 2. The number of amides is 1. The minimum Gasteiger partial charge on any atom is -0.324 e. The lowest BCUT2D eigenvalue weighted by Gasteiger charge is -2.11. The molecule has 1 N–H and O–H groups in total. The summed E-state index contributed by atoms with van der Waals surface area (Å²) in [5.74, 6) is -0.0884. The Hall–Kier alpha value is -2.16. The molecule has 0 saturated heterocycles. The van der Waals surface area contributed by atoms with E-state index in [1.54, 1.807) is 12.3 Å². The third-order valence-electron chi connectivity index (χ3n) is 2.86. The van der Waals surface area contributed by atoms with Gasteiger partial charge in [-0.1, -0.05) is 31.2 Å². The average Bonchev–Trinajstić information content (AvgIpc) is 2.39. The first-order valence-corrected chi connectivity index (χ1v) is 5.98. The Bertz CT molecular complexity index is 572. The number of fused-ring (bicyclic) bond motifs is 1. The normalized spacial score (nSPS) is 12.1. The maximum absolute atomic E-state index is 12.0. The van der Waals surface area contributed by atoms with Crippen LogP contribution in [0, 0.1) is 5.92 Å². The molecule has 2 aromatic rings. The third kappa shape index (κ3) is 2.56. The van der Waals surface area contributed by atoms with E-state index in [-0.39, 0.29) is 11.8 Å². The van der Waals surface area contributed by atoms with Gasteiger partial charge in [0.2, 0.25) is 5.91 Å². The second-order valence-corrected chi connectivity index (χ2v) is 4.30. The van der Waals surface area contributed by atoms with Crippen LogP contribution in [0.2, 0.25) is 0 Å². The van der Waals surface area contributed by atoms with Crippen LogP contribution in [0.25, 0.3) is 10.9 Å². The Kier molecular flexibility index (Phi) is 3.72. The van der Waals surface area contributed by atoms with Crippen LogP contribution in [0.1, 0.15) is 13.3 Å². The highest BCUT2D eigenvalue weighted by molar-refractivity contribution is 6.00. The number of carbonyl (C=O) groups is 1. The largest absolute Gasteiger partial charge is 0.324 e. The van der Waals surface area contributed by atoms with Crippen molar-refractivity contribution in [2.75, 3.05) is 5.32 Å². The van der Waals surface area contributed by atoms with Crippen LogP contribution in [0.5, 0.6) is 0 Å². The van der Waals surface area contributed by atoms with Gasteiger partial charge in [0, 0.05) is 17.5 Å². The van der Waals surface area contributed by atoms with E-state index < -0.39 is 0 Å². The van der Waals surface area contributed by atoms with E-state index in [1.807, 2.05) is 37.3 Å². The Balaban J connectivity index is 2.26. The van der Waals surface area contributed by atoms with Crippen LogP contribution >= 0.6 is 0 Å². The maximum Gasteiger partial charge on any atom is 0.227 e. The van der Waals surface area contributed by atoms with Crippen molar-refractivity contribution in [1.29, 1.82) is 0 Å². The van der Waals surface area contributed by atoms with Gasteiger partial charge in [-0.3, -0.25) is 9.78 Å². The van der Waals surface area contributed by atoms with Crippen molar-refractivity contribution in [3.05, 3.63) is 49.2 Å². The Morgan fingerprint density at radius 3 is 3.00 bits per heavy atom. The summed E-state index contributed by atoms with van der Waals surface area (Å²) in [6, 6.07) is 9.62. The SMILES string of the molecule is C=CCC(C)C(=O)Nc1cccc2cccnc12. The van der Waals surface area contributed by atoms with E-state index in [1.165, 1.54) is 0 Å². The van der Waals surface area contributed by atoms with Crippen LogP contribution < -0.4 is 5.32 Å². The molecule has 1 amide bonds. The van der Waals surface area contributed by atoms with Gasteiger partial charge < -0.3 is 5.32 Å². The van der Waals surface area contributed by atoms with Gasteiger partial charge in [0.05, 0.1) is 11.2 Å². The predicted molar refractivity (Wildman–Crippen MR) is 74.4 cm³/mol. The summed E-state index contributed by atoms with van der Waals surface area (Å²) in [4.78, 5) is 16.3. The van der Waals surface area contributed by atoms with Crippen molar-refractivity contribution in [2.45, 2.75) is 13.3 Å². The number of rotatable bonds is 4. The van der Waals surface area contributed by atoms with Gasteiger partial charge in [-0.15, -0.1) is 6.58 Å². The second kappa shape index (κ2) is 5.45. The molecule has 0 aliphatic carbocycles. The predicted octanol–water partition coefficient (Wildman–Crippen LogP) is 3.39. The number of para-hydroxylation sites is 1. The zero-order chi connectivity index (χ0) is 13.0. The zero-order valence-corrected chi connectivity index (χ0v) is 10.4. The molecule has 1 aromatic heterocycles. The molecule has 92 valence electrons. The molecule has 0 saturated carbocycles. The van der Waals surface area contributed by atoms with Crippen LogP contribution in [0.15, 0.2) is 49.2 Å². The van der Waals surface area contributed by atoms with Crippen LogP contribution in [0.3, 0.4) is 0 Å². The number of allylic oxidation sites excluding steroid dienone is 1. The van der Waals surface area contributed by atoms with E-state index in [0.29, 0.717) is 6.42 Å². The van der Waals surface area contributed by atoms with Crippen molar-refractivity contribution >= 4 is 22.5 Å². The Morgan fingerprint density at radius 2 is 2.22 bits per heavy atom. The highest BCUT2D eigenvalue weighted by atomic mass is 16.1. The number of hydrogen-bond donors (Lipinski definition) is 1. The third-order valence-corrected chi connectivity index (χ3v) is 2.86. The fourth-order valence-electron chi connectivity index (χ4n) is 1.82. The molecule has 0 aliphatic heterocycles. The molecular weight excluding hydrogens is 224 g/mol. The van der Waals surface area contributed by atoms with Crippen molar-refractivity contribution in [2.24, 2.45) is 5.92 Å². The molecule has 0 spiro atoms. The summed E-state index contributed by atoms with van der Waals surface area (Å²) in [5.41, 5.74) is 1.58. The smallest absolute Gasteiger partial charge is 0.227 e. The summed E-state index contributed by atoms with van der Waals surface area (Å²) >= 11 is 0. The molecule has 18 heavy (non-hydrogen) atoms. The second-order valence-electron chi connectivity index (χ2n) is 4.30. The van der Waals surface area contributed by atoms with E-state index in [2.05, 4.69) is 16.9 Å². The van der Waals surface area contributed by atoms with Crippen molar-refractivity contribution in [1.82, 2.24) is 4.98 Å². The molecule has 0 radical (unpaired) electrons. The van der Waals surface area contributed by atoms with Gasteiger partial charge in [0.1, 0.15) is 0 Å². The summed E-state index contributed by atoms with van der Waals surface area (Å²) in [6.07, 6.45) is 4.15. The summed E-state index contributed by atoms with van der Waals surface area (Å²) in [5, 5.41) is 3.94. The van der Waals surface area contributed by atoms with E-state index in [4.69, 9.17) is 0 Å². The number of aromatic nitrogens is 1. The van der Waals surface area contributed by atoms with Crippen LogP contribution in [-0.4, -0.2) is 10.9 Å². The first-order chi connectivity index (χ1) is 8.72. The monoisotopic (exact) mass is 240 g/mol. The zero-order valence-electron chi connectivity index (χ0n) is 10.4. The fraction of sp³-hybridized carbons (Fsp3) is 0.200. The molecule has 0 bridgehead atoms. The number of nitrogens with one attached hydrogen (secondary N) is 1. The Morgan fingerprint density at radius 1 is 1.44 bits per heavy atom. The lowest BCUT2D eigenvalue weighted by atomic mass is 10.1. The van der Waals surface area contributed by atoms with Crippen molar-refractivity contribution < 1.29 is 4.79 Å².